The largest absolute Gasteiger partial charge is 0.494 e. The number of aryl methyl sites for hydroxylation is 1. The maximum atomic E-state index is 13.5. The maximum Gasteiger partial charge on any atom is 0.406 e. The third kappa shape index (κ3) is 4.97. The summed E-state index contributed by atoms with van der Waals surface area (Å²) in [5.74, 6) is 0.144. The summed E-state index contributed by atoms with van der Waals surface area (Å²) in [6.45, 7) is -1.02. The van der Waals surface area contributed by atoms with Crippen LogP contribution in [0.1, 0.15) is 16.8 Å². The number of benzene rings is 2. The van der Waals surface area contributed by atoms with Crippen molar-refractivity contribution in [2.24, 2.45) is 7.05 Å². The zero-order chi connectivity index (χ0) is 28.1. The van der Waals surface area contributed by atoms with Gasteiger partial charge >= 0.3 is 12.3 Å². The smallest absolute Gasteiger partial charge is 0.406 e. The molecule has 2 aromatic heterocycles. The average molecular weight is 546 g/mol. The second kappa shape index (κ2) is 9.80. The minimum atomic E-state index is -4.46. The van der Waals surface area contributed by atoms with E-state index in [1.807, 2.05) is 0 Å². The number of rotatable bonds is 5. The van der Waals surface area contributed by atoms with Gasteiger partial charge in [0.15, 0.2) is 5.82 Å². The lowest BCUT2D eigenvalue weighted by Crippen LogP contribution is -2.56. The number of ether oxygens (including phenoxy) is 1. The Morgan fingerprint density at radius 1 is 1.21 bits per heavy atom. The normalized spacial score (nSPS) is 18.1. The molecule has 10 nitrogen and oxygen atoms in total. The van der Waals surface area contributed by atoms with Gasteiger partial charge in [-0.2, -0.15) is 13.2 Å². The van der Waals surface area contributed by atoms with Gasteiger partial charge in [-0.25, -0.2) is 9.78 Å². The highest BCUT2D eigenvalue weighted by atomic mass is 19.4. The number of carbonyl (C=O) groups is 2. The van der Waals surface area contributed by atoms with Crippen LogP contribution in [0.2, 0.25) is 0 Å². The van der Waals surface area contributed by atoms with E-state index in [0.29, 0.717) is 27.7 Å². The van der Waals surface area contributed by atoms with Crippen LogP contribution in [0.15, 0.2) is 42.5 Å². The summed E-state index contributed by atoms with van der Waals surface area (Å²) in [5.41, 5.74) is 1.72. The number of likely N-dealkylation sites (tertiary alicyclic amines) is 1. The minimum Gasteiger partial charge on any atom is -0.494 e. The van der Waals surface area contributed by atoms with Crippen molar-refractivity contribution in [3.05, 3.63) is 48.0 Å². The first-order valence-corrected chi connectivity index (χ1v) is 12.1. The summed E-state index contributed by atoms with van der Waals surface area (Å²) in [5, 5.41) is 22.0. The van der Waals surface area contributed by atoms with Crippen LogP contribution in [0.25, 0.3) is 33.5 Å². The maximum absolute atomic E-state index is 13.5. The molecule has 2 atom stereocenters. The molecule has 1 fully saturated rings. The van der Waals surface area contributed by atoms with Gasteiger partial charge in [-0.05, 0) is 30.7 Å². The van der Waals surface area contributed by atoms with Crippen molar-refractivity contribution < 1.29 is 37.7 Å². The first-order valence-electron chi connectivity index (χ1n) is 12.1. The van der Waals surface area contributed by atoms with Crippen LogP contribution in [0, 0.1) is 0 Å². The molecule has 0 radical (unpaired) electrons. The van der Waals surface area contributed by atoms with Crippen LogP contribution in [-0.2, 0) is 13.6 Å². The van der Waals surface area contributed by atoms with Crippen molar-refractivity contribution in [3.8, 4) is 17.3 Å². The molecule has 3 N–H and O–H groups in total. The summed E-state index contributed by atoms with van der Waals surface area (Å²) < 4.78 is 49.0. The molecular weight excluding hydrogens is 519 g/mol. The third-order valence-corrected chi connectivity index (χ3v) is 6.95. The second-order valence-corrected chi connectivity index (χ2v) is 9.49. The first kappa shape index (κ1) is 26.4. The fourth-order valence-corrected chi connectivity index (χ4v) is 5.17. The number of nitrogens with one attached hydrogen (secondary N) is 1. The van der Waals surface area contributed by atoms with E-state index >= 15 is 0 Å². The number of fused-ring (bicyclic) bond motifs is 2. The van der Waals surface area contributed by atoms with Crippen molar-refractivity contribution in [2.75, 3.05) is 20.2 Å². The molecule has 1 aliphatic heterocycles. The molecule has 0 saturated carbocycles. The van der Waals surface area contributed by atoms with Crippen molar-refractivity contribution in [2.45, 2.75) is 31.3 Å². The zero-order valence-corrected chi connectivity index (χ0v) is 21.1. The Hall–Kier alpha value is -4.26. The van der Waals surface area contributed by atoms with Crippen molar-refractivity contribution in [1.82, 2.24) is 24.3 Å². The molecule has 0 bridgehead atoms. The number of methoxy groups -OCH3 is 1. The van der Waals surface area contributed by atoms with Gasteiger partial charge < -0.3 is 34.3 Å². The van der Waals surface area contributed by atoms with Gasteiger partial charge in [0.05, 0.1) is 30.5 Å². The predicted octanol–water partition coefficient (Wildman–Crippen LogP) is 3.61. The van der Waals surface area contributed by atoms with E-state index in [4.69, 9.17) is 9.84 Å². The third-order valence-electron chi connectivity index (χ3n) is 6.95. The number of imidazole rings is 1. The standard InChI is InChI=1S/C26H26F3N5O5/c1-32-22-16(30-23(32)19-10-14-5-3-4-6-18(14)34(19)13-26(27,28)29)9-15(11-21(22)39-2)24(36)33-8-7-20(35)17(12-33)31-25(37)38/h3-6,9-11,17,20,31,35H,7-8,12-13H2,1-2H3,(H,37,38). The van der Waals surface area contributed by atoms with Gasteiger partial charge in [0, 0.05) is 36.6 Å². The van der Waals surface area contributed by atoms with Crippen LogP contribution < -0.4 is 10.1 Å². The average Bonchev–Trinajstić information content (AvgIpc) is 3.40. The Kier molecular flexibility index (Phi) is 6.62. The Balaban J connectivity index is 1.58. The molecule has 5 rings (SSSR count). The number of para-hydroxylation sites is 1. The second-order valence-electron chi connectivity index (χ2n) is 9.49. The number of halogens is 3. The van der Waals surface area contributed by atoms with Crippen molar-refractivity contribution in [1.29, 1.82) is 0 Å². The predicted molar refractivity (Wildman–Crippen MR) is 136 cm³/mol. The summed E-state index contributed by atoms with van der Waals surface area (Å²) >= 11 is 0. The number of alkyl halides is 3. The number of piperidine rings is 1. The number of aliphatic hydroxyl groups is 1. The van der Waals surface area contributed by atoms with Gasteiger partial charge in [-0.1, -0.05) is 18.2 Å². The number of aromatic nitrogens is 3. The molecule has 2 aromatic carbocycles. The van der Waals surface area contributed by atoms with Crippen LogP contribution in [0.5, 0.6) is 5.75 Å². The Morgan fingerprint density at radius 2 is 1.95 bits per heavy atom. The highest BCUT2D eigenvalue weighted by Crippen LogP contribution is 2.36. The SMILES string of the molecule is COc1cc(C(=O)N2CCC(O)C(NC(=O)O)C2)cc2nc(-c3cc4ccccc4n3CC(F)(F)F)n(C)c12. The topological polar surface area (TPSA) is 122 Å². The molecule has 39 heavy (non-hydrogen) atoms. The van der Waals surface area contributed by atoms with Gasteiger partial charge in [0.25, 0.3) is 5.91 Å². The van der Waals surface area contributed by atoms with Crippen LogP contribution in [-0.4, -0.2) is 79.8 Å². The van der Waals surface area contributed by atoms with Gasteiger partial charge in [-0.3, -0.25) is 4.79 Å². The van der Waals surface area contributed by atoms with E-state index in [2.05, 4.69) is 10.3 Å². The van der Waals surface area contributed by atoms with Gasteiger partial charge in [0.1, 0.15) is 17.8 Å². The van der Waals surface area contributed by atoms with Crippen LogP contribution in [0.3, 0.4) is 0 Å². The molecule has 1 aliphatic rings. The van der Waals surface area contributed by atoms with Crippen molar-refractivity contribution >= 4 is 33.9 Å². The lowest BCUT2D eigenvalue weighted by molar-refractivity contribution is -0.139. The number of amides is 2. The number of hydrogen-bond donors (Lipinski definition) is 3. The van der Waals surface area contributed by atoms with E-state index in [9.17, 15) is 27.9 Å². The summed E-state index contributed by atoms with van der Waals surface area (Å²) in [7, 11) is 3.08. The molecule has 3 heterocycles. The van der Waals surface area contributed by atoms with E-state index in [0.717, 1.165) is 0 Å². The number of nitrogens with zero attached hydrogens (tertiary/aromatic N) is 4. The highest BCUT2D eigenvalue weighted by molar-refractivity contribution is 6.00. The molecule has 0 aliphatic carbocycles. The highest BCUT2D eigenvalue weighted by Gasteiger charge is 2.33. The first-order chi connectivity index (χ1) is 18.5. The lowest BCUT2D eigenvalue weighted by atomic mass is 10.0. The van der Waals surface area contributed by atoms with Crippen LogP contribution >= 0.6 is 0 Å². The summed E-state index contributed by atoms with van der Waals surface area (Å²) in [4.78, 5) is 30.5. The molecule has 2 amide bonds. The lowest BCUT2D eigenvalue weighted by Gasteiger charge is -2.36. The monoisotopic (exact) mass is 545 g/mol. The molecule has 206 valence electrons. The van der Waals surface area contributed by atoms with Crippen LogP contribution in [0.4, 0.5) is 18.0 Å². The van der Waals surface area contributed by atoms with Crippen molar-refractivity contribution in [3.63, 3.8) is 0 Å². The fourth-order valence-electron chi connectivity index (χ4n) is 5.17. The zero-order valence-electron chi connectivity index (χ0n) is 21.1. The molecule has 1 saturated heterocycles. The summed E-state index contributed by atoms with van der Waals surface area (Å²) in [6, 6.07) is 10.6. The van der Waals surface area contributed by atoms with E-state index in [1.54, 1.807) is 41.9 Å². The minimum absolute atomic E-state index is 0.0301. The molecular formula is C26H26F3N5O5. The molecule has 0 spiro atoms. The number of hydrogen-bond acceptors (Lipinski definition) is 5. The van der Waals surface area contributed by atoms with E-state index in [-0.39, 0.29) is 36.6 Å². The van der Waals surface area contributed by atoms with E-state index < -0.39 is 36.9 Å². The Labute approximate surface area is 220 Å². The number of carboxylic acid groups (broad SMARTS) is 1. The molecule has 13 heteroatoms. The Bertz CT molecular complexity index is 1580. The summed E-state index contributed by atoms with van der Waals surface area (Å²) in [6.07, 6.45) is -6.51. The van der Waals surface area contributed by atoms with Gasteiger partial charge in [0.2, 0.25) is 0 Å². The van der Waals surface area contributed by atoms with Gasteiger partial charge in [-0.15, -0.1) is 0 Å². The molecule has 4 aromatic rings. The fraction of sp³-hybridized carbons (Fsp3) is 0.346. The number of carbonyl (C=O) groups excluding carboxylic acids is 1. The Morgan fingerprint density at radius 3 is 2.64 bits per heavy atom. The quantitative estimate of drug-likeness (QED) is 0.352. The molecule has 2 unspecified atom stereocenters. The number of aliphatic hydroxyl groups excluding tert-OH is 1. The van der Waals surface area contributed by atoms with E-state index in [1.165, 1.54) is 28.7 Å².